The van der Waals surface area contributed by atoms with E-state index in [1.54, 1.807) is 0 Å². The van der Waals surface area contributed by atoms with Crippen LogP contribution in [0.15, 0.2) is 0 Å². The van der Waals surface area contributed by atoms with Crippen LogP contribution in [-0.4, -0.2) is 90.8 Å². The fourth-order valence-corrected chi connectivity index (χ4v) is 0.899. The molecule has 0 aliphatic rings. The Morgan fingerprint density at radius 2 is 1.40 bits per heavy atom. The molecule has 0 bridgehead atoms. The SMILES string of the molecule is CC(=O)OC(=O)CC(O)(CC(=O)O)C(=O)O.O.O.O.[NaH]. The number of ether oxygens (including phenoxy) is 1. The maximum atomic E-state index is 10.9. The van der Waals surface area contributed by atoms with E-state index in [4.69, 9.17) is 10.2 Å². The third-order valence-corrected chi connectivity index (χ3v) is 1.54. The Morgan fingerprint density at radius 1 is 1.00 bits per heavy atom. The van der Waals surface area contributed by atoms with Crippen LogP contribution in [0.4, 0.5) is 0 Å². The van der Waals surface area contributed by atoms with Crippen LogP contribution in [0.3, 0.4) is 0 Å². The third-order valence-electron chi connectivity index (χ3n) is 1.54. The Morgan fingerprint density at radius 3 is 1.65 bits per heavy atom. The average Bonchev–Trinajstić information content (AvgIpc) is 1.98. The fraction of sp³-hybridized carbons (Fsp3) is 0.500. The Balaban J connectivity index is -0.000000187. The van der Waals surface area contributed by atoms with E-state index in [0.29, 0.717) is 0 Å². The van der Waals surface area contributed by atoms with Crippen LogP contribution >= 0.6 is 0 Å². The van der Waals surface area contributed by atoms with Crippen LogP contribution in [-0.2, 0) is 23.9 Å². The van der Waals surface area contributed by atoms with Crippen molar-refractivity contribution in [3.05, 3.63) is 0 Å². The second-order valence-electron chi connectivity index (χ2n) is 3.05. The Hall–Kier alpha value is -1.08. The Kier molecular flexibility index (Phi) is 20.3. The van der Waals surface area contributed by atoms with E-state index in [-0.39, 0.29) is 46.0 Å². The van der Waals surface area contributed by atoms with Crippen molar-refractivity contribution in [2.24, 2.45) is 0 Å². The molecule has 20 heavy (non-hydrogen) atoms. The standard InChI is InChI=1S/C8H10O8.Na.3H2O.H/c1-4(9)16-6(12)3-8(15,7(13)14)2-5(10)11;;;;;/h15H,2-3H2,1H3,(H,10,11)(H,13,14);;3*1H2;. The molecular formula is C8H17NaO11. The van der Waals surface area contributed by atoms with E-state index < -0.39 is 42.3 Å². The minimum atomic E-state index is -2.78. The molecule has 0 aliphatic heterocycles. The topological polar surface area (TPSA) is 233 Å². The molecule has 0 radical (unpaired) electrons. The van der Waals surface area contributed by atoms with E-state index in [0.717, 1.165) is 6.92 Å². The number of hydrogen-bond donors (Lipinski definition) is 3. The molecule has 0 saturated carbocycles. The maximum absolute atomic E-state index is 10.9. The van der Waals surface area contributed by atoms with Crippen molar-refractivity contribution in [3.63, 3.8) is 0 Å². The normalized spacial score (nSPS) is 10.9. The molecule has 0 amide bonds. The van der Waals surface area contributed by atoms with Crippen molar-refractivity contribution in [2.75, 3.05) is 0 Å². The van der Waals surface area contributed by atoms with Gasteiger partial charge in [0.05, 0.1) is 12.8 Å². The van der Waals surface area contributed by atoms with Gasteiger partial charge in [0.2, 0.25) is 0 Å². The van der Waals surface area contributed by atoms with Crippen molar-refractivity contribution < 1.29 is 55.7 Å². The molecule has 0 rings (SSSR count). The molecule has 0 spiro atoms. The molecule has 9 N–H and O–H groups in total. The summed E-state index contributed by atoms with van der Waals surface area (Å²) >= 11 is 0. The molecule has 0 aromatic heterocycles. The molecule has 11 nitrogen and oxygen atoms in total. The van der Waals surface area contributed by atoms with Crippen LogP contribution in [0.5, 0.6) is 0 Å². The van der Waals surface area contributed by atoms with Crippen LogP contribution in [0.25, 0.3) is 0 Å². The van der Waals surface area contributed by atoms with E-state index in [1.807, 2.05) is 0 Å². The number of aliphatic hydroxyl groups is 1. The number of carbonyl (C=O) groups excluding carboxylic acids is 2. The third kappa shape index (κ3) is 12.0. The quantitative estimate of drug-likeness (QED) is 0.254. The van der Waals surface area contributed by atoms with Crippen molar-refractivity contribution in [1.29, 1.82) is 0 Å². The van der Waals surface area contributed by atoms with Crippen LogP contribution in [0.2, 0.25) is 0 Å². The van der Waals surface area contributed by atoms with Gasteiger partial charge in [0.25, 0.3) is 0 Å². The number of aliphatic carboxylic acids is 2. The predicted octanol–water partition coefficient (Wildman–Crippen LogP) is -4.37. The number of carboxylic acid groups (broad SMARTS) is 2. The molecule has 1 unspecified atom stereocenters. The molecule has 0 aromatic rings. The van der Waals surface area contributed by atoms with Gasteiger partial charge in [-0.15, -0.1) is 0 Å². The zero-order valence-corrected chi connectivity index (χ0v) is 9.80. The second kappa shape index (κ2) is 12.9. The summed E-state index contributed by atoms with van der Waals surface area (Å²) in [6.45, 7) is 0.912. The molecule has 0 fully saturated rings. The molecular weight excluding hydrogens is 295 g/mol. The van der Waals surface area contributed by atoms with Gasteiger partial charge in [-0.1, -0.05) is 0 Å². The first kappa shape index (κ1) is 31.4. The van der Waals surface area contributed by atoms with Gasteiger partial charge >= 0.3 is 53.4 Å². The minimum absolute atomic E-state index is 0. The van der Waals surface area contributed by atoms with Gasteiger partial charge in [0.15, 0.2) is 5.60 Å². The van der Waals surface area contributed by atoms with Crippen molar-refractivity contribution in [1.82, 2.24) is 0 Å². The van der Waals surface area contributed by atoms with Crippen molar-refractivity contribution in [3.8, 4) is 0 Å². The summed E-state index contributed by atoms with van der Waals surface area (Å²) in [6.07, 6.45) is -2.29. The summed E-state index contributed by atoms with van der Waals surface area (Å²) in [5.74, 6) is -5.76. The molecule has 0 aromatic carbocycles. The van der Waals surface area contributed by atoms with Gasteiger partial charge in [-0.25, -0.2) is 4.79 Å². The molecule has 0 saturated heterocycles. The fourth-order valence-electron chi connectivity index (χ4n) is 0.899. The summed E-state index contributed by atoms with van der Waals surface area (Å²) in [5.41, 5.74) is -2.78. The summed E-state index contributed by atoms with van der Waals surface area (Å²) < 4.78 is 3.98. The molecule has 1 atom stereocenters. The second-order valence-corrected chi connectivity index (χ2v) is 3.05. The average molecular weight is 312 g/mol. The Bertz CT molecular complexity index is 341. The van der Waals surface area contributed by atoms with E-state index in [2.05, 4.69) is 4.74 Å². The van der Waals surface area contributed by atoms with Gasteiger partial charge < -0.3 is 36.5 Å². The number of esters is 2. The first-order chi connectivity index (χ1) is 7.17. The molecule has 0 aliphatic carbocycles. The summed E-state index contributed by atoms with van der Waals surface area (Å²) in [7, 11) is 0. The number of hydrogen-bond acceptors (Lipinski definition) is 6. The zero-order chi connectivity index (χ0) is 12.9. The summed E-state index contributed by atoms with van der Waals surface area (Å²) in [4.78, 5) is 42.1. The van der Waals surface area contributed by atoms with Crippen molar-refractivity contribution >= 4 is 53.4 Å². The van der Waals surface area contributed by atoms with Gasteiger partial charge in [0.1, 0.15) is 0 Å². The van der Waals surface area contributed by atoms with E-state index >= 15 is 0 Å². The summed E-state index contributed by atoms with van der Waals surface area (Å²) in [6, 6.07) is 0. The van der Waals surface area contributed by atoms with Gasteiger partial charge in [-0.3, -0.25) is 14.4 Å². The van der Waals surface area contributed by atoms with Crippen LogP contribution < -0.4 is 0 Å². The number of carboxylic acids is 2. The van der Waals surface area contributed by atoms with Crippen LogP contribution in [0, 0.1) is 0 Å². The van der Waals surface area contributed by atoms with Gasteiger partial charge in [-0.2, -0.15) is 0 Å². The molecule has 0 heterocycles. The van der Waals surface area contributed by atoms with E-state index in [9.17, 15) is 24.3 Å². The number of carbonyl (C=O) groups is 4. The zero-order valence-electron chi connectivity index (χ0n) is 9.80. The van der Waals surface area contributed by atoms with E-state index in [1.165, 1.54) is 0 Å². The molecule has 12 heteroatoms. The molecule has 116 valence electrons. The Labute approximate surface area is 134 Å². The first-order valence-electron chi connectivity index (χ1n) is 4.06. The summed E-state index contributed by atoms with van der Waals surface area (Å²) in [5, 5.41) is 26.3. The predicted molar refractivity (Wildman–Crippen MR) is 64.2 cm³/mol. The monoisotopic (exact) mass is 312 g/mol. The first-order valence-corrected chi connectivity index (χ1v) is 4.06. The van der Waals surface area contributed by atoms with Gasteiger partial charge in [-0.05, 0) is 0 Å². The van der Waals surface area contributed by atoms with Gasteiger partial charge in [0, 0.05) is 6.92 Å². The van der Waals surface area contributed by atoms with Crippen LogP contribution in [0.1, 0.15) is 19.8 Å². The number of rotatable bonds is 5. The van der Waals surface area contributed by atoms with Crippen molar-refractivity contribution in [2.45, 2.75) is 25.4 Å².